The van der Waals surface area contributed by atoms with Crippen molar-refractivity contribution in [3.05, 3.63) is 40.4 Å². The normalized spacial score (nSPS) is 14.8. The molecule has 1 fully saturated rings. The second-order valence-corrected chi connectivity index (χ2v) is 5.94. The second kappa shape index (κ2) is 5.03. The molecular formula is C12H9Cl2N3S. The Labute approximate surface area is 119 Å². The molecule has 3 nitrogen and oxygen atoms in total. The largest absolute Gasteiger partial charge is 0.248 e. The van der Waals surface area contributed by atoms with Crippen LogP contribution in [0.1, 0.15) is 24.6 Å². The molecule has 6 heteroatoms. The van der Waals surface area contributed by atoms with E-state index in [0.29, 0.717) is 16.1 Å². The lowest BCUT2D eigenvalue weighted by Gasteiger charge is -2.03. The van der Waals surface area contributed by atoms with Crippen LogP contribution in [0.4, 0.5) is 0 Å². The van der Waals surface area contributed by atoms with Gasteiger partial charge in [-0.15, -0.1) is 0 Å². The molecule has 1 aliphatic rings. The minimum Gasteiger partial charge on any atom is -0.248 e. The Morgan fingerprint density at radius 2 is 1.94 bits per heavy atom. The third kappa shape index (κ3) is 2.94. The summed E-state index contributed by atoms with van der Waals surface area (Å²) >= 11 is 13.3. The Morgan fingerprint density at radius 3 is 2.61 bits per heavy atom. The maximum absolute atomic E-state index is 6.01. The summed E-state index contributed by atoms with van der Waals surface area (Å²) in [5.41, 5.74) is 0. The summed E-state index contributed by atoms with van der Waals surface area (Å²) < 4.78 is 0. The average Bonchev–Trinajstić information content (AvgIpc) is 3.15. The highest BCUT2D eigenvalue weighted by Gasteiger charge is 2.27. The highest BCUT2D eigenvalue weighted by Crippen LogP contribution is 2.39. The number of nitrogens with zero attached hydrogens (tertiary/aromatic N) is 3. The molecule has 0 saturated heterocycles. The van der Waals surface area contributed by atoms with Crippen molar-refractivity contribution >= 4 is 35.0 Å². The van der Waals surface area contributed by atoms with Crippen LogP contribution in [0.2, 0.25) is 10.2 Å². The van der Waals surface area contributed by atoms with Crippen LogP contribution in [0, 0.1) is 0 Å². The number of aromatic nitrogens is 3. The summed E-state index contributed by atoms with van der Waals surface area (Å²) in [6.07, 6.45) is 3.93. The van der Waals surface area contributed by atoms with E-state index in [4.69, 9.17) is 23.2 Å². The van der Waals surface area contributed by atoms with Gasteiger partial charge in [-0.2, -0.15) is 0 Å². The van der Waals surface area contributed by atoms with Crippen LogP contribution >= 0.6 is 35.0 Å². The van der Waals surface area contributed by atoms with Crippen LogP contribution in [0.3, 0.4) is 0 Å². The number of pyridine rings is 1. The fraction of sp³-hybridized carbons (Fsp3) is 0.250. The molecular weight excluding hydrogens is 289 g/mol. The Bertz CT molecular complexity index is 570. The summed E-state index contributed by atoms with van der Waals surface area (Å²) in [5.74, 6) is 1.33. The molecule has 0 aliphatic heterocycles. The van der Waals surface area contributed by atoms with Gasteiger partial charge in [0.1, 0.15) is 21.0 Å². The molecule has 0 N–H and O–H groups in total. The van der Waals surface area contributed by atoms with Crippen molar-refractivity contribution in [3.63, 3.8) is 0 Å². The molecule has 1 saturated carbocycles. The molecule has 0 aromatic carbocycles. The van der Waals surface area contributed by atoms with Crippen molar-refractivity contribution in [2.24, 2.45) is 0 Å². The van der Waals surface area contributed by atoms with Crippen LogP contribution in [0.15, 0.2) is 34.4 Å². The van der Waals surface area contributed by atoms with Gasteiger partial charge in [0.15, 0.2) is 0 Å². The predicted molar refractivity (Wildman–Crippen MR) is 72.4 cm³/mol. The maximum Gasteiger partial charge on any atom is 0.134 e. The van der Waals surface area contributed by atoms with Crippen LogP contribution < -0.4 is 0 Å². The Balaban J connectivity index is 1.85. The lowest BCUT2D eigenvalue weighted by molar-refractivity contribution is 0.877. The van der Waals surface area contributed by atoms with Crippen molar-refractivity contribution < 1.29 is 0 Å². The first-order valence-electron chi connectivity index (χ1n) is 5.54. The molecule has 0 unspecified atom stereocenters. The minimum atomic E-state index is 0.487. The molecule has 0 spiro atoms. The zero-order valence-electron chi connectivity index (χ0n) is 9.31. The predicted octanol–water partition coefficient (Wildman–Crippen LogP) is 4.21. The Hall–Kier alpha value is -0.840. The van der Waals surface area contributed by atoms with E-state index in [2.05, 4.69) is 15.0 Å². The van der Waals surface area contributed by atoms with Gasteiger partial charge in [0, 0.05) is 18.2 Å². The Morgan fingerprint density at radius 1 is 1.11 bits per heavy atom. The quantitative estimate of drug-likeness (QED) is 0.796. The summed E-state index contributed by atoms with van der Waals surface area (Å²) in [7, 11) is 0. The highest BCUT2D eigenvalue weighted by molar-refractivity contribution is 7.99. The van der Waals surface area contributed by atoms with E-state index in [9.17, 15) is 0 Å². The van der Waals surface area contributed by atoms with E-state index in [1.54, 1.807) is 12.3 Å². The zero-order valence-corrected chi connectivity index (χ0v) is 11.6. The molecule has 0 bridgehead atoms. The van der Waals surface area contributed by atoms with E-state index in [-0.39, 0.29) is 0 Å². The first kappa shape index (κ1) is 12.2. The zero-order chi connectivity index (χ0) is 12.5. The van der Waals surface area contributed by atoms with Crippen LogP contribution in [-0.2, 0) is 0 Å². The molecule has 1 aliphatic carbocycles. The summed E-state index contributed by atoms with van der Waals surface area (Å²) in [6, 6.07) is 5.43. The Kier molecular flexibility index (Phi) is 3.41. The van der Waals surface area contributed by atoms with Gasteiger partial charge in [-0.3, -0.25) is 0 Å². The third-order valence-electron chi connectivity index (χ3n) is 2.54. The van der Waals surface area contributed by atoms with Gasteiger partial charge in [-0.05, 0) is 36.7 Å². The summed E-state index contributed by atoms with van der Waals surface area (Å²) in [5, 5.41) is 2.78. The van der Waals surface area contributed by atoms with Gasteiger partial charge in [0.2, 0.25) is 0 Å². The van der Waals surface area contributed by atoms with Gasteiger partial charge in [-0.1, -0.05) is 23.2 Å². The van der Waals surface area contributed by atoms with Gasteiger partial charge < -0.3 is 0 Å². The first-order chi connectivity index (χ1) is 8.70. The lowest BCUT2D eigenvalue weighted by atomic mass is 10.4. The topological polar surface area (TPSA) is 38.7 Å². The maximum atomic E-state index is 6.01. The van der Waals surface area contributed by atoms with E-state index < -0.39 is 0 Å². The van der Waals surface area contributed by atoms with Gasteiger partial charge in [0.05, 0.1) is 5.02 Å². The van der Waals surface area contributed by atoms with Crippen molar-refractivity contribution in [1.82, 2.24) is 15.0 Å². The van der Waals surface area contributed by atoms with Gasteiger partial charge >= 0.3 is 0 Å². The average molecular weight is 298 g/mol. The van der Waals surface area contributed by atoms with Crippen molar-refractivity contribution in [2.45, 2.75) is 28.8 Å². The van der Waals surface area contributed by atoms with E-state index in [0.717, 1.165) is 28.7 Å². The molecule has 3 rings (SSSR count). The van der Waals surface area contributed by atoms with E-state index >= 15 is 0 Å². The van der Waals surface area contributed by atoms with Crippen molar-refractivity contribution in [1.29, 1.82) is 0 Å². The second-order valence-electron chi connectivity index (χ2n) is 4.08. The summed E-state index contributed by atoms with van der Waals surface area (Å²) in [6.45, 7) is 0. The van der Waals surface area contributed by atoms with E-state index in [1.807, 2.05) is 12.1 Å². The molecule has 0 atom stereocenters. The smallest absolute Gasteiger partial charge is 0.134 e. The highest BCUT2D eigenvalue weighted by atomic mass is 35.5. The van der Waals surface area contributed by atoms with Crippen LogP contribution in [0.5, 0.6) is 0 Å². The molecule has 2 aromatic heterocycles. The third-order valence-corrected chi connectivity index (χ3v) is 3.83. The molecule has 0 amide bonds. The number of hydrogen-bond donors (Lipinski definition) is 0. The molecule has 2 heterocycles. The fourth-order valence-electron chi connectivity index (χ4n) is 1.52. The SMILES string of the molecule is Clc1ccc(Sc2cc(Cl)nc(C3CC3)n2)nc1. The molecule has 0 radical (unpaired) electrons. The van der Waals surface area contributed by atoms with Crippen LogP contribution in [-0.4, -0.2) is 15.0 Å². The monoisotopic (exact) mass is 297 g/mol. The van der Waals surface area contributed by atoms with Gasteiger partial charge in [0.25, 0.3) is 0 Å². The minimum absolute atomic E-state index is 0.487. The number of halogens is 2. The van der Waals surface area contributed by atoms with E-state index in [1.165, 1.54) is 11.8 Å². The fourth-order valence-corrected chi connectivity index (χ4v) is 2.65. The number of rotatable bonds is 3. The van der Waals surface area contributed by atoms with Crippen molar-refractivity contribution in [3.8, 4) is 0 Å². The lowest BCUT2D eigenvalue weighted by Crippen LogP contribution is -1.94. The van der Waals surface area contributed by atoms with Crippen molar-refractivity contribution in [2.75, 3.05) is 0 Å². The number of hydrogen-bond acceptors (Lipinski definition) is 4. The molecule has 92 valence electrons. The van der Waals surface area contributed by atoms with Crippen LogP contribution in [0.25, 0.3) is 0 Å². The standard InChI is InChI=1S/C12H9Cl2N3S/c13-8-3-4-10(15-6-8)18-11-5-9(14)16-12(17-11)7-1-2-7/h3-7H,1-2H2. The first-order valence-corrected chi connectivity index (χ1v) is 7.12. The molecule has 2 aromatic rings. The summed E-state index contributed by atoms with van der Waals surface area (Å²) in [4.78, 5) is 13.0. The molecule has 18 heavy (non-hydrogen) atoms. The van der Waals surface area contributed by atoms with Gasteiger partial charge in [-0.25, -0.2) is 15.0 Å².